The molecule has 0 saturated carbocycles. The van der Waals surface area contributed by atoms with Crippen molar-refractivity contribution in [2.24, 2.45) is 0 Å². The van der Waals surface area contributed by atoms with Crippen LogP contribution in [0.1, 0.15) is 84.6 Å². The minimum atomic E-state index is -0.280. The smallest absolute Gasteiger partial charge is 0.227 e. The van der Waals surface area contributed by atoms with E-state index in [-0.39, 0.29) is 22.0 Å². The van der Waals surface area contributed by atoms with E-state index in [0.29, 0.717) is 17.0 Å². The molecule has 0 radical (unpaired) electrons. The fraction of sp³-hybridized carbons (Fsp3) is 0.277. The van der Waals surface area contributed by atoms with Gasteiger partial charge in [-0.2, -0.15) is 0 Å². The summed E-state index contributed by atoms with van der Waals surface area (Å²) in [5.74, 6) is 0.810. The van der Waals surface area contributed by atoms with Gasteiger partial charge in [0.15, 0.2) is 5.58 Å². The average Bonchev–Trinajstić information content (AvgIpc) is 3.52. The summed E-state index contributed by atoms with van der Waals surface area (Å²) in [6, 6.07) is 33.8. The van der Waals surface area contributed by atoms with Gasteiger partial charge in [-0.1, -0.05) is 111 Å². The van der Waals surface area contributed by atoms with E-state index in [0.717, 1.165) is 50.0 Å². The maximum absolute atomic E-state index is 11.8. The highest BCUT2D eigenvalue weighted by atomic mass is 16.3. The van der Waals surface area contributed by atoms with Gasteiger partial charge in [-0.15, -0.1) is 0 Å². The SMILES string of the molecule is Cc1ccnc2c(-c3cc(-c4nc5c(-c6cc(-c7ccccc7)cc(C(C)(C)C)c6O)cccc5o4)cc(C(C)(C)C)c3)cc(C(C)(C)C)cc12. The molecule has 2 heterocycles. The highest BCUT2D eigenvalue weighted by Gasteiger charge is 2.26. The molecule has 0 fully saturated rings. The molecule has 0 aliphatic carbocycles. The van der Waals surface area contributed by atoms with Crippen molar-refractivity contribution in [1.82, 2.24) is 9.97 Å². The monoisotopic (exact) mass is 672 g/mol. The molecule has 0 aliphatic heterocycles. The summed E-state index contributed by atoms with van der Waals surface area (Å²) in [5, 5.41) is 13.0. The molecule has 4 nitrogen and oxygen atoms in total. The number of aryl methyl sites for hydroxylation is 1. The van der Waals surface area contributed by atoms with Crippen molar-refractivity contribution in [2.45, 2.75) is 85.5 Å². The van der Waals surface area contributed by atoms with Crippen molar-refractivity contribution in [3.05, 3.63) is 126 Å². The minimum Gasteiger partial charge on any atom is -0.507 e. The number of aromatic nitrogens is 2. The second-order valence-electron chi connectivity index (χ2n) is 17.1. The summed E-state index contributed by atoms with van der Waals surface area (Å²) < 4.78 is 6.60. The summed E-state index contributed by atoms with van der Waals surface area (Å²) in [6.07, 6.45) is 1.90. The van der Waals surface area contributed by atoms with Crippen molar-refractivity contribution < 1.29 is 9.52 Å². The first-order valence-electron chi connectivity index (χ1n) is 17.9. The number of phenols is 1. The minimum absolute atomic E-state index is 0.0391. The molecule has 4 heteroatoms. The van der Waals surface area contributed by atoms with Crippen LogP contribution in [0.4, 0.5) is 0 Å². The third-order valence-corrected chi connectivity index (χ3v) is 10.0. The van der Waals surface area contributed by atoms with E-state index in [1.54, 1.807) is 0 Å². The van der Waals surface area contributed by atoms with E-state index in [1.165, 1.54) is 22.1 Å². The van der Waals surface area contributed by atoms with Gasteiger partial charge < -0.3 is 9.52 Å². The topological polar surface area (TPSA) is 59.2 Å². The zero-order valence-electron chi connectivity index (χ0n) is 31.6. The van der Waals surface area contributed by atoms with Crippen LogP contribution in [-0.2, 0) is 16.2 Å². The lowest BCUT2D eigenvalue weighted by molar-refractivity contribution is 0.449. The number of phenolic OH excluding ortho intramolecular Hbond substituents is 1. The molecule has 1 N–H and O–H groups in total. The molecule has 5 aromatic carbocycles. The number of hydrogen-bond acceptors (Lipinski definition) is 4. The van der Waals surface area contributed by atoms with Gasteiger partial charge in [0.05, 0.1) is 5.52 Å². The van der Waals surface area contributed by atoms with Crippen molar-refractivity contribution in [3.63, 3.8) is 0 Å². The Labute approximate surface area is 302 Å². The predicted molar refractivity (Wildman–Crippen MR) is 214 cm³/mol. The Balaban J connectivity index is 1.46. The number of para-hydroxylation sites is 1. The Bertz CT molecular complexity index is 2430. The number of fused-ring (bicyclic) bond motifs is 2. The lowest BCUT2D eigenvalue weighted by atomic mass is 9.81. The van der Waals surface area contributed by atoms with Crippen molar-refractivity contribution in [3.8, 4) is 50.6 Å². The number of rotatable bonds is 4. The van der Waals surface area contributed by atoms with Crippen LogP contribution < -0.4 is 0 Å². The van der Waals surface area contributed by atoms with E-state index >= 15 is 0 Å². The van der Waals surface area contributed by atoms with Crippen molar-refractivity contribution >= 4 is 22.0 Å². The van der Waals surface area contributed by atoms with Crippen LogP contribution in [0.25, 0.3) is 66.8 Å². The maximum atomic E-state index is 11.8. The molecule has 7 rings (SSSR count). The quantitative estimate of drug-likeness (QED) is 0.202. The zero-order chi connectivity index (χ0) is 36.5. The first-order valence-corrected chi connectivity index (χ1v) is 17.9. The number of hydrogen-bond donors (Lipinski definition) is 1. The fourth-order valence-electron chi connectivity index (χ4n) is 6.88. The normalized spacial score (nSPS) is 12.6. The van der Waals surface area contributed by atoms with Crippen LogP contribution in [-0.4, -0.2) is 15.1 Å². The number of nitrogens with zero attached hydrogens (tertiary/aromatic N) is 2. The first kappa shape index (κ1) is 34.2. The summed E-state index contributed by atoms with van der Waals surface area (Å²) in [5.41, 5.74) is 13.3. The van der Waals surface area contributed by atoms with Gasteiger partial charge in [0.25, 0.3) is 0 Å². The summed E-state index contributed by atoms with van der Waals surface area (Å²) in [7, 11) is 0. The average molecular weight is 673 g/mol. The van der Waals surface area contributed by atoms with E-state index in [1.807, 2.05) is 42.6 Å². The first-order chi connectivity index (χ1) is 24.0. The highest BCUT2D eigenvalue weighted by Crippen LogP contribution is 2.45. The van der Waals surface area contributed by atoms with Gasteiger partial charge in [0.1, 0.15) is 11.3 Å². The second kappa shape index (κ2) is 12.2. The Morgan fingerprint density at radius 3 is 1.92 bits per heavy atom. The maximum Gasteiger partial charge on any atom is 0.227 e. The van der Waals surface area contributed by atoms with E-state index < -0.39 is 0 Å². The molecule has 0 bridgehead atoms. The molecule has 51 heavy (non-hydrogen) atoms. The van der Waals surface area contributed by atoms with E-state index in [2.05, 4.69) is 130 Å². The molecule has 0 spiro atoms. The Morgan fingerprint density at radius 1 is 0.549 bits per heavy atom. The van der Waals surface area contributed by atoms with E-state index in [4.69, 9.17) is 14.4 Å². The number of aromatic hydroxyl groups is 1. The molecule has 0 unspecified atom stereocenters. The number of oxazole rings is 1. The molecular formula is C47H48N2O2. The predicted octanol–water partition coefficient (Wildman–Crippen LogP) is 13.0. The Hall–Kier alpha value is -5.22. The second-order valence-corrected chi connectivity index (χ2v) is 17.1. The van der Waals surface area contributed by atoms with Gasteiger partial charge in [-0.05, 0) is 105 Å². The van der Waals surface area contributed by atoms with Crippen LogP contribution in [0, 0.1) is 6.92 Å². The molecular weight excluding hydrogens is 625 g/mol. The molecule has 258 valence electrons. The molecule has 0 amide bonds. The van der Waals surface area contributed by atoms with E-state index in [9.17, 15) is 5.11 Å². The van der Waals surface area contributed by atoms with Crippen LogP contribution in [0.3, 0.4) is 0 Å². The molecule has 0 aliphatic rings. The molecule has 7 aromatic rings. The fourth-order valence-corrected chi connectivity index (χ4v) is 6.88. The van der Waals surface area contributed by atoms with Crippen molar-refractivity contribution in [2.75, 3.05) is 0 Å². The lowest BCUT2D eigenvalue weighted by Crippen LogP contribution is -2.12. The van der Waals surface area contributed by atoms with Gasteiger partial charge in [0.2, 0.25) is 5.89 Å². The third-order valence-electron chi connectivity index (χ3n) is 10.0. The third kappa shape index (κ3) is 6.44. The Kier molecular flexibility index (Phi) is 8.21. The summed E-state index contributed by atoms with van der Waals surface area (Å²) in [6.45, 7) is 22.0. The molecule has 0 saturated heterocycles. The number of benzene rings is 5. The van der Waals surface area contributed by atoms with Crippen LogP contribution in [0.2, 0.25) is 0 Å². The molecule has 2 aromatic heterocycles. The summed E-state index contributed by atoms with van der Waals surface area (Å²) >= 11 is 0. The summed E-state index contributed by atoms with van der Waals surface area (Å²) in [4.78, 5) is 10.1. The van der Waals surface area contributed by atoms with Crippen LogP contribution in [0.5, 0.6) is 5.75 Å². The highest BCUT2D eigenvalue weighted by molar-refractivity contribution is 5.98. The van der Waals surface area contributed by atoms with Crippen LogP contribution in [0.15, 0.2) is 108 Å². The lowest BCUT2D eigenvalue weighted by Gasteiger charge is -2.24. The van der Waals surface area contributed by atoms with Crippen LogP contribution >= 0.6 is 0 Å². The Morgan fingerprint density at radius 2 is 1.24 bits per heavy atom. The largest absolute Gasteiger partial charge is 0.507 e. The standard InChI is InChI=1S/C47H48N2O2/c1-28-19-20-48-41-36(28)26-34(46(5,6)7)27-37(41)31-21-32(23-33(22-31)45(2,3)4)44-49-42-35(17-14-18-40(42)51-44)38-24-30(29-15-12-11-13-16-29)25-39(43(38)50)47(8,9)10/h11-27,50H,1-10H3. The van der Waals surface area contributed by atoms with Gasteiger partial charge in [-0.25, -0.2) is 4.98 Å². The van der Waals surface area contributed by atoms with Gasteiger partial charge in [0, 0.05) is 39.4 Å². The number of pyridine rings is 1. The van der Waals surface area contributed by atoms with Gasteiger partial charge in [-0.3, -0.25) is 4.98 Å². The van der Waals surface area contributed by atoms with Crippen molar-refractivity contribution in [1.29, 1.82) is 0 Å². The zero-order valence-corrected chi connectivity index (χ0v) is 31.6. The van der Waals surface area contributed by atoms with Gasteiger partial charge >= 0.3 is 0 Å². The molecule has 0 atom stereocenters.